The standard InChI is InChI=1S/C16H18N2O3S/c1-3-17-16(19)15-11-14(10-9-12(15)2)22(20,21)18-13-7-5-4-6-8-13/h4-11,18H,3H2,1-2H3,(H,17,19). The van der Waals surface area contributed by atoms with E-state index in [1.165, 1.54) is 12.1 Å². The number of sulfonamides is 1. The zero-order valence-electron chi connectivity index (χ0n) is 12.5. The van der Waals surface area contributed by atoms with E-state index in [1.54, 1.807) is 43.3 Å². The molecule has 22 heavy (non-hydrogen) atoms. The molecular weight excluding hydrogens is 300 g/mol. The molecule has 0 heterocycles. The number of hydrogen-bond donors (Lipinski definition) is 2. The lowest BCUT2D eigenvalue weighted by molar-refractivity contribution is 0.0955. The average molecular weight is 318 g/mol. The molecule has 0 unspecified atom stereocenters. The first-order valence-electron chi connectivity index (χ1n) is 6.91. The van der Waals surface area contributed by atoms with Gasteiger partial charge < -0.3 is 5.32 Å². The number of carbonyl (C=O) groups is 1. The Bertz CT molecular complexity index is 771. The van der Waals surface area contributed by atoms with Crippen molar-refractivity contribution in [2.45, 2.75) is 18.7 Å². The fourth-order valence-corrected chi connectivity index (χ4v) is 3.07. The Morgan fingerprint density at radius 3 is 2.41 bits per heavy atom. The first-order valence-corrected chi connectivity index (χ1v) is 8.39. The zero-order chi connectivity index (χ0) is 16.2. The van der Waals surface area contributed by atoms with E-state index in [1.807, 2.05) is 6.92 Å². The van der Waals surface area contributed by atoms with Crippen molar-refractivity contribution in [2.75, 3.05) is 11.3 Å². The van der Waals surface area contributed by atoms with Gasteiger partial charge in [-0.15, -0.1) is 0 Å². The van der Waals surface area contributed by atoms with E-state index in [0.717, 1.165) is 5.56 Å². The van der Waals surface area contributed by atoms with Crippen LogP contribution in [0.2, 0.25) is 0 Å². The van der Waals surface area contributed by atoms with Gasteiger partial charge in [0, 0.05) is 17.8 Å². The van der Waals surface area contributed by atoms with Crippen LogP contribution in [0.4, 0.5) is 5.69 Å². The van der Waals surface area contributed by atoms with Crippen LogP contribution in [0, 0.1) is 6.92 Å². The summed E-state index contributed by atoms with van der Waals surface area (Å²) in [6, 6.07) is 13.1. The van der Waals surface area contributed by atoms with Gasteiger partial charge in [0.25, 0.3) is 15.9 Å². The third kappa shape index (κ3) is 3.65. The number of amides is 1. The summed E-state index contributed by atoms with van der Waals surface area (Å²) in [5.41, 5.74) is 1.56. The summed E-state index contributed by atoms with van der Waals surface area (Å²) < 4.78 is 27.3. The molecule has 6 heteroatoms. The molecule has 2 aromatic carbocycles. The number of rotatable bonds is 5. The van der Waals surface area contributed by atoms with Crippen LogP contribution < -0.4 is 10.0 Å². The third-order valence-corrected chi connectivity index (χ3v) is 4.51. The highest BCUT2D eigenvalue weighted by Gasteiger charge is 2.17. The van der Waals surface area contributed by atoms with E-state index in [9.17, 15) is 13.2 Å². The summed E-state index contributed by atoms with van der Waals surface area (Å²) >= 11 is 0. The highest BCUT2D eigenvalue weighted by molar-refractivity contribution is 7.92. The normalized spacial score (nSPS) is 11.0. The SMILES string of the molecule is CCNC(=O)c1cc(S(=O)(=O)Nc2ccccc2)ccc1C. The topological polar surface area (TPSA) is 75.3 Å². The predicted molar refractivity (Wildman–Crippen MR) is 86.4 cm³/mol. The second-order valence-corrected chi connectivity index (χ2v) is 6.49. The number of nitrogens with one attached hydrogen (secondary N) is 2. The van der Waals surface area contributed by atoms with Gasteiger partial charge in [-0.3, -0.25) is 9.52 Å². The van der Waals surface area contributed by atoms with E-state index in [4.69, 9.17) is 0 Å². The Morgan fingerprint density at radius 2 is 1.77 bits per heavy atom. The highest BCUT2D eigenvalue weighted by Crippen LogP contribution is 2.19. The fraction of sp³-hybridized carbons (Fsp3) is 0.188. The van der Waals surface area contributed by atoms with Gasteiger partial charge in [-0.05, 0) is 43.7 Å². The lowest BCUT2D eigenvalue weighted by Crippen LogP contribution is -2.24. The number of aryl methyl sites for hydroxylation is 1. The summed E-state index contributed by atoms with van der Waals surface area (Å²) in [6.45, 7) is 4.06. The van der Waals surface area contributed by atoms with Crippen molar-refractivity contribution in [3.05, 3.63) is 59.7 Å². The molecule has 0 aliphatic carbocycles. The molecule has 5 nitrogen and oxygen atoms in total. The number of carbonyl (C=O) groups excluding carboxylic acids is 1. The number of anilines is 1. The second-order valence-electron chi connectivity index (χ2n) is 4.81. The first-order chi connectivity index (χ1) is 10.4. The van der Waals surface area contributed by atoms with Gasteiger partial charge in [0.05, 0.1) is 4.90 Å². The van der Waals surface area contributed by atoms with E-state index in [-0.39, 0.29) is 10.8 Å². The van der Waals surface area contributed by atoms with Crippen molar-refractivity contribution < 1.29 is 13.2 Å². The molecule has 0 bridgehead atoms. The van der Waals surface area contributed by atoms with Crippen LogP contribution >= 0.6 is 0 Å². The smallest absolute Gasteiger partial charge is 0.261 e. The quantitative estimate of drug-likeness (QED) is 0.889. The molecule has 116 valence electrons. The molecule has 0 aromatic heterocycles. The molecule has 1 amide bonds. The molecule has 2 aromatic rings. The van der Waals surface area contributed by atoms with Crippen molar-refractivity contribution in [3.8, 4) is 0 Å². The summed E-state index contributed by atoms with van der Waals surface area (Å²) in [7, 11) is -3.73. The van der Waals surface area contributed by atoms with Crippen LogP contribution in [-0.4, -0.2) is 20.9 Å². The van der Waals surface area contributed by atoms with Crippen molar-refractivity contribution in [2.24, 2.45) is 0 Å². The fourth-order valence-electron chi connectivity index (χ4n) is 1.99. The van der Waals surface area contributed by atoms with Gasteiger partial charge >= 0.3 is 0 Å². The lowest BCUT2D eigenvalue weighted by Gasteiger charge is -2.11. The maximum absolute atomic E-state index is 12.4. The minimum Gasteiger partial charge on any atom is -0.352 e. The summed E-state index contributed by atoms with van der Waals surface area (Å²) in [5.74, 6) is -0.281. The average Bonchev–Trinajstić information content (AvgIpc) is 2.48. The molecule has 0 radical (unpaired) electrons. The summed E-state index contributed by atoms with van der Waals surface area (Å²) in [5, 5.41) is 2.68. The minimum atomic E-state index is -3.73. The van der Waals surface area contributed by atoms with Gasteiger partial charge in [-0.2, -0.15) is 0 Å². The van der Waals surface area contributed by atoms with E-state index < -0.39 is 10.0 Å². The van der Waals surface area contributed by atoms with E-state index in [2.05, 4.69) is 10.0 Å². The minimum absolute atomic E-state index is 0.0585. The largest absolute Gasteiger partial charge is 0.352 e. The van der Waals surface area contributed by atoms with Crippen LogP contribution in [0.15, 0.2) is 53.4 Å². The van der Waals surface area contributed by atoms with Gasteiger partial charge in [0.1, 0.15) is 0 Å². The van der Waals surface area contributed by atoms with Crippen molar-refractivity contribution >= 4 is 21.6 Å². The predicted octanol–water partition coefficient (Wildman–Crippen LogP) is 2.55. The van der Waals surface area contributed by atoms with Gasteiger partial charge in [0.15, 0.2) is 0 Å². The van der Waals surface area contributed by atoms with E-state index in [0.29, 0.717) is 17.8 Å². The Hall–Kier alpha value is -2.34. The van der Waals surface area contributed by atoms with Gasteiger partial charge in [-0.1, -0.05) is 24.3 Å². The zero-order valence-corrected chi connectivity index (χ0v) is 13.3. The van der Waals surface area contributed by atoms with Gasteiger partial charge in [-0.25, -0.2) is 8.42 Å². The second kappa shape index (κ2) is 6.62. The maximum atomic E-state index is 12.4. The molecule has 0 saturated heterocycles. The first kappa shape index (κ1) is 16.0. The molecule has 0 aliphatic heterocycles. The summed E-state index contributed by atoms with van der Waals surface area (Å²) in [6.07, 6.45) is 0. The molecule has 0 spiro atoms. The van der Waals surface area contributed by atoms with Crippen molar-refractivity contribution in [3.63, 3.8) is 0 Å². The lowest BCUT2D eigenvalue weighted by atomic mass is 10.1. The highest BCUT2D eigenvalue weighted by atomic mass is 32.2. The number of benzene rings is 2. The van der Waals surface area contributed by atoms with Gasteiger partial charge in [0.2, 0.25) is 0 Å². The Morgan fingerprint density at radius 1 is 1.09 bits per heavy atom. The Balaban J connectivity index is 2.35. The maximum Gasteiger partial charge on any atom is 0.261 e. The monoisotopic (exact) mass is 318 g/mol. The van der Waals surface area contributed by atoms with Crippen molar-refractivity contribution in [1.29, 1.82) is 0 Å². The molecule has 2 rings (SSSR count). The Labute approximate surface area is 130 Å². The van der Waals surface area contributed by atoms with E-state index >= 15 is 0 Å². The third-order valence-electron chi connectivity index (χ3n) is 3.13. The van der Waals surface area contributed by atoms with Crippen LogP contribution in [0.25, 0.3) is 0 Å². The number of hydrogen-bond acceptors (Lipinski definition) is 3. The molecule has 0 atom stereocenters. The van der Waals surface area contributed by atoms with Crippen LogP contribution in [0.5, 0.6) is 0 Å². The van der Waals surface area contributed by atoms with Crippen molar-refractivity contribution in [1.82, 2.24) is 5.32 Å². The molecular formula is C16H18N2O3S. The Kier molecular flexibility index (Phi) is 4.82. The molecule has 0 aliphatic rings. The molecule has 2 N–H and O–H groups in total. The molecule has 0 saturated carbocycles. The van der Waals surface area contributed by atoms with Crippen LogP contribution in [0.3, 0.4) is 0 Å². The van der Waals surface area contributed by atoms with Crippen LogP contribution in [0.1, 0.15) is 22.8 Å². The van der Waals surface area contributed by atoms with Crippen LogP contribution in [-0.2, 0) is 10.0 Å². The molecule has 0 fully saturated rings. The summed E-state index contributed by atoms with van der Waals surface area (Å²) in [4.78, 5) is 12.0. The number of para-hydroxylation sites is 1.